The van der Waals surface area contributed by atoms with Crippen LogP contribution in [0.2, 0.25) is 0 Å². The molecule has 8 heteroatoms. The number of hydrogen-bond donors (Lipinski definition) is 2. The standard InChI is InChI=1S/C24H33N7O/c1-18(29-21-10-8-20(9-11-21)19-6-4-3-5-7-19)30-12-14-31(15-13-30)24-22(16-28-32-2)23(25)26-17-27-24/h8-11,16-17,19,29H,1,3-7,12-15H2,2H3,(H2,25,26,27)/b28-16+. The van der Waals surface area contributed by atoms with Crippen LogP contribution in [0.1, 0.15) is 49.1 Å². The van der Waals surface area contributed by atoms with E-state index in [0.29, 0.717) is 11.4 Å². The lowest BCUT2D eigenvalue weighted by Crippen LogP contribution is -2.47. The molecule has 8 nitrogen and oxygen atoms in total. The lowest BCUT2D eigenvalue weighted by atomic mass is 9.84. The van der Waals surface area contributed by atoms with Gasteiger partial charge in [-0.05, 0) is 36.5 Å². The zero-order valence-corrected chi connectivity index (χ0v) is 18.8. The number of aromatic nitrogens is 2. The predicted molar refractivity (Wildman–Crippen MR) is 130 cm³/mol. The molecule has 3 N–H and O–H groups in total. The maximum absolute atomic E-state index is 6.03. The lowest BCUT2D eigenvalue weighted by molar-refractivity contribution is 0.215. The van der Waals surface area contributed by atoms with Crippen molar-refractivity contribution in [3.8, 4) is 0 Å². The van der Waals surface area contributed by atoms with E-state index in [-0.39, 0.29) is 0 Å². The number of hydrogen-bond acceptors (Lipinski definition) is 8. The number of oxime groups is 1. The first-order valence-corrected chi connectivity index (χ1v) is 11.4. The average Bonchev–Trinajstić information content (AvgIpc) is 2.84. The number of nitrogens with zero attached hydrogens (tertiary/aromatic N) is 5. The molecule has 0 unspecified atom stereocenters. The molecule has 1 saturated carbocycles. The molecule has 1 saturated heterocycles. The number of nitrogens with two attached hydrogens (primary N) is 1. The third-order valence-electron chi connectivity index (χ3n) is 6.42. The topological polar surface area (TPSA) is 91.9 Å². The maximum Gasteiger partial charge on any atom is 0.143 e. The van der Waals surface area contributed by atoms with Gasteiger partial charge in [0.05, 0.1) is 17.6 Å². The van der Waals surface area contributed by atoms with Gasteiger partial charge in [-0.2, -0.15) is 0 Å². The van der Waals surface area contributed by atoms with Gasteiger partial charge in [0.1, 0.15) is 25.1 Å². The molecule has 0 bridgehead atoms. The second-order valence-corrected chi connectivity index (χ2v) is 8.42. The molecule has 0 spiro atoms. The fourth-order valence-corrected chi connectivity index (χ4v) is 4.59. The van der Waals surface area contributed by atoms with E-state index < -0.39 is 0 Å². The molecule has 1 aromatic carbocycles. The highest BCUT2D eigenvalue weighted by molar-refractivity contribution is 5.91. The molecule has 2 aromatic rings. The van der Waals surface area contributed by atoms with Crippen LogP contribution in [0.3, 0.4) is 0 Å². The van der Waals surface area contributed by atoms with Gasteiger partial charge in [0.15, 0.2) is 0 Å². The number of nitrogens with one attached hydrogen (secondary N) is 1. The van der Waals surface area contributed by atoms with Crippen LogP contribution in [0.25, 0.3) is 0 Å². The minimum Gasteiger partial charge on any atom is -0.399 e. The summed E-state index contributed by atoms with van der Waals surface area (Å²) >= 11 is 0. The van der Waals surface area contributed by atoms with Crippen LogP contribution in [0.5, 0.6) is 0 Å². The van der Waals surface area contributed by atoms with Gasteiger partial charge in [0, 0.05) is 31.9 Å². The van der Waals surface area contributed by atoms with Crippen LogP contribution in [-0.4, -0.2) is 54.4 Å². The summed E-state index contributed by atoms with van der Waals surface area (Å²) in [6.07, 6.45) is 9.79. The predicted octanol–water partition coefficient (Wildman–Crippen LogP) is 3.79. The fourth-order valence-electron chi connectivity index (χ4n) is 4.59. The Morgan fingerprint density at radius 3 is 2.53 bits per heavy atom. The van der Waals surface area contributed by atoms with Crippen LogP contribution in [0, 0.1) is 0 Å². The van der Waals surface area contributed by atoms with E-state index in [0.717, 1.165) is 49.4 Å². The zero-order chi connectivity index (χ0) is 22.3. The third-order valence-corrected chi connectivity index (χ3v) is 6.42. The molecule has 0 amide bonds. The highest BCUT2D eigenvalue weighted by Crippen LogP contribution is 2.33. The summed E-state index contributed by atoms with van der Waals surface area (Å²) < 4.78 is 0. The molecule has 0 atom stereocenters. The Balaban J connectivity index is 1.33. The Hall–Kier alpha value is -3.29. The number of benzene rings is 1. The fraction of sp³-hybridized carbons (Fsp3) is 0.458. The SMILES string of the molecule is C=C(Nc1ccc(C2CCCCC2)cc1)N1CCN(c2ncnc(N)c2/C=N/OC)CC1. The van der Waals surface area contributed by atoms with Crippen molar-refractivity contribution < 1.29 is 4.84 Å². The minimum atomic E-state index is 0.390. The summed E-state index contributed by atoms with van der Waals surface area (Å²) in [5, 5.41) is 7.31. The Morgan fingerprint density at radius 1 is 1.12 bits per heavy atom. The third kappa shape index (κ3) is 5.12. The van der Waals surface area contributed by atoms with E-state index in [9.17, 15) is 0 Å². The number of nitrogen functional groups attached to an aromatic ring is 1. The Kier molecular flexibility index (Phi) is 7.09. The molecule has 2 heterocycles. The van der Waals surface area contributed by atoms with Crippen molar-refractivity contribution in [1.82, 2.24) is 14.9 Å². The first-order chi connectivity index (χ1) is 15.7. The van der Waals surface area contributed by atoms with Crippen molar-refractivity contribution in [2.24, 2.45) is 5.16 Å². The molecule has 32 heavy (non-hydrogen) atoms. The highest BCUT2D eigenvalue weighted by atomic mass is 16.6. The monoisotopic (exact) mass is 435 g/mol. The summed E-state index contributed by atoms with van der Waals surface area (Å²) in [5.74, 6) is 2.80. The Labute approximate surface area is 190 Å². The van der Waals surface area contributed by atoms with Crippen molar-refractivity contribution >= 4 is 23.5 Å². The first kappa shape index (κ1) is 21.9. The molecule has 0 radical (unpaired) electrons. The van der Waals surface area contributed by atoms with Crippen LogP contribution in [-0.2, 0) is 4.84 Å². The molecular formula is C24H33N7O. The molecule has 2 aliphatic rings. The van der Waals surface area contributed by atoms with Gasteiger partial charge in [-0.3, -0.25) is 0 Å². The average molecular weight is 436 g/mol. The van der Waals surface area contributed by atoms with Crippen molar-refractivity contribution in [1.29, 1.82) is 0 Å². The van der Waals surface area contributed by atoms with Crippen LogP contribution in [0.15, 0.2) is 48.1 Å². The largest absolute Gasteiger partial charge is 0.399 e. The molecule has 1 aliphatic heterocycles. The molecule has 1 aromatic heterocycles. The zero-order valence-electron chi connectivity index (χ0n) is 18.8. The molecule has 170 valence electrons. The van der Waals surface area contributed by atoms with Crippen molar-refractivity contribution in [2.75, 3.05) is 49.2 Å². The van der Waals surface area contributed by atoms with Crippen LogP contribution in [0.4, 0.5) is 17.3 Å². The Morgan fingerprint density at radius 2 is 1.84 bits per heavy atom. The second kappa shape index (κ2) is 10.3. The second-order valence-electron chi connectivity index (χ2n) is 8.42. The van der Waals surface area contributed by atoms with E-state index in [4.69, 9.17) is 10.6 Å². The Bertz CT molecular complexity index is 930. The van der Waals surface area contributed by atoms with Gasteiger partial charge in [0.25, 0.3) is 0 Å². The number of rotatable bonds is 7. The van der Waals surface area contributed by atoms with E-state index in [2.05, 4.69) is 61.1 Å². The number of piperazine rings is 1. The van der Waals surface area contributed by atoms with Crippen LogP contribution >= 0.6 is 0 Å². The van der Waals surface area contributed by atoms with Crippen LogP contribution < -0.4 is 16.0 Å². The van der Waals surface area contributed by atoms with Crippen molar-refractivity contribution in [2.45, 2.75) is 38.0 Å². The summed E-state index contributed by atoms with van der Waals surface area (Å²) in [5.41, 5.74) is 9.25. The quantitative estimate of drug-likeness (QED) is 0.505. The van der Waals surface area contributed by atoms with Gasteiger partial charge in [-0.25, -0.2) is 9.97 Å². The van der Waals surface area contributed by atoms with Gasteiger partial charge >= 0.3 is 0 Å². The van der Waals surface area contributed by atoms with Crippen molar-refractivity contribution in [3.05, 3.63) is 54.1 Å². The summed E-state index contributed by atoms with van der Waals surface area (Å²) in [6, 6.07) is 8.89. The van der Waals surface area contributed by atoms with E-state index >= 15 is 0 Å². The molecule has 4 rings (SSSR count). The lowest BCUT2D eigenvalue weighted by Gasteiger charge is -2.38. The molecule has 1 aliphatic carbocycles. The normalized spacial score (nSPS) is 17.5. The summed E-state index contributed by atoms with van der Waals surface area (Å²) in [6.45, 7) is 7.52. The summed E-state index contributed by atoms with van der Waals surface area (Å²) in [4.78, 5) is 17.8. The van der Waals surface area contributed by atoms with Gasteiger partial charge in [-0.15, -0.1) is 0 Å². The molecule has 2 fully saturated rings. The van der Waals surface area contributed by atoms with Gasteiger partial charge < -0.3 is 25.7 Å². The highest BCUT2D eigenvalue weighted by Gasteiger charge is 2.22. The minimum absolute atomic E-state index is 0.390. The van der Waals surface area contributed by atoms with E-state index in [1.165, 1.54) is 51.1 Å². The van der Waals surface area contributed by atoms with E-state index in [1.807, 2.05) is 0 Å². The summed E-state index contributed by atoms with van der Waals surface area (Å²) in [7, 11) is 1.50. The van der Waals surface area contributed by atoms with Gasteiger partial charge in [-0.1, -0.05) is 43.1 Å². The number of anilines is 3. The smallest absolute Gasteiger partial charge is 0.143 e. The van der Waals surface area contributed by atoms with Gasteiger partial charge in [0.2, 0.25) is 0 Å². The first-order valence-electron chi connectivity index (χ1n) is 11.4. The van der Waals surface area contributed by atoms with Crippen molar-refractivity contribution in [3.63, 3.8) is 0 Å². The van der Waals surface area contributed by atoms with E-state index in [1.54, 1.807) is 6.21 Å². The maximum atomic E-state index is 6.03. The molecular weight excluding hydrogens is 402 g/mol.